The molecule has 0 fully saturated rings. The Kier molecular flexibility index (Phi) is 52.4. The molecule has 0 aliphatic carbocycles. The average molecular weight is 1750 g/mol. The van der Waals surface area contributed by atoms with Gasteiger partial charge >= 0.3 is 16.5 Å². The molecule has 0 unspecified atom stereocenters. The van der Waals surface area contributed by atoms with E-state index in [0.29, 0.717) is 138 Å². The van der Waals surface area contributed by atoms with Crippen molar-refractivity contribution >= 4 is 90.5 Å². The maximum atomic E-state index is 13.9. The van der Waals surface area contributed by atoms with Crippen LogP contribution in [0.25, 0.3) is 89.7 Å². The summed E-state index contributed by atoms with van der Waals surface area (Å²) in [6.45, 7) is 9.13. The van der Waals surface area contributed by atoms with Gasteiger partial charge in [-0.15, -0.1) is 0 Å². The van der Waals surface area contributed by atoms with Crippen molar-refractivity contribution in [2.75, 3.05) is 21.3 Å². The van der Waals surface area contributed by atoms with Gasteiger partial charge in [0.1, 0.15) is 0 Å². The van der Waals surface area contributed by atoms with Gasteiger partial charge in [-0.2, -0.15) is 0 Å². The van der Waals surface area contributed by atoms with Crippen molar-refractivity contribution in [3.8, 4) is 45.6 Å². The second kappa shape index (κ2) is 63.5. The zero-order valence-corrected chi connectivity index (χ0v) is 79.5. The summed E-state index contributed by atoms with van der Waals surface area (Å²) in [6.07, 6.45) is 82.9. The fourth-order valence-electron chi connectivity index (χ4n) is 18.2. The summed E-state index contributed by atoms with van der Waals surface area (Å²) in [5.74, 6) is 1.19. The van der Waals surface area contributed by atoms with Crippen LogP contribution in [0.4, 0.5) is 22.7 Å². The van der Waals surface area contributed by atoms with E-state index in [0.717, 1.165) is 77.0 Å². The van der Waals surface area contributed by atoms with Crippen molar-refractivity contribution in [2.24, 2.45) is 0 Å². The summed E-state index contributed by atoms with van der Waals surface area (Å²) in [5, 5.41) is 15.5. The number of nitrogens with zero attached hydrogens (tertiary/aromatic N) is 8. The van der Waals surface area contributed by atoms with Crippen LogP contribution in [0.1, 0.15) is 464 Å². The first-order chi connectivity index (χ1) is 61.1. The molecule has 0 saturated heterocycles. The van der Waals surface area contributed by atoms with Crippen LogP contribution in [0.2, 0.25) is 0 Å². The van der Waals surface area contributed by atoms with Gasteiger partial charge in [0.2, 0.25) is 23.6 Å². The molecule has 16 nitrogen and oxygen atoms in total. The Hall–Kier alpha value is -7.39. The van der Waals surface area contributed by atoms with Crippen LogP contribution < -0.4 is 31.2 Å². The van der Waals surface area contributed by atoms with E-state index in [1.807, 2.05) is 72.8 Å². The maximum Gasteiger partial charge on any atom is 2.00 e. The fraction of sp³-hybridized carbons (Fsp3) is 0.667. The molecule has 5 heterocycles. The Bertz CT molecular complexity index is 4380. The molecule has 4 aromatic carbocycles. The Morgan fingerprint density at radius 2 is 0.384 bits per heavy atom. The SMILES string of the molecule is CCCCCCCCCCCCCCCCCCC(=O)Nc1ccc2c(c1)-c1nc-2nc2[n-]c(nc3nc(nc4[n-]c(n1)c1ccc(NC(=O)CCCCCCCCCCCCCCCCCC)cc41)-c1cc(NC(=O)CCCCCCCCCCCCCCCCCC)ccc1-3)c1cc(NC(=O)CCCCCCCCCCCCCCCCCC)ccc21.[Ni+2]. The van der Waals surface area contributed by atoms with Gasteiger partial charge < -0.3 is 51.2 Å². The van der Waals surface area contributed by atoms with Crippen LogP contribution in [0.15, 0.2) is 72.8 Å². The van der Waals surface area contributed by atoms with Crippen LogP contribution in [0.3, 0.4) is 0 Å². The summed E-state index contributed by atoms with van der Waals surface area (Å²) in [5.41, 5.74) is 6.51. The van der Waals surface area contributed by atoms with Gasteiger partial charge in [0.25, 0.3) is 0 Å². The van der Waals surface area contributed by atoms with Gasteiger partial charge in [-0.25, -0.2) is 9.97 Å². The second-order valence-electron chi connectivity index (χ2n) is 36.9. The molecule has 125 heavy (non-hydrogen) atoms. The summed E-state index contributed by atoms with van der Waals surface area (Å²) >= 11 is 0. The maximum absolute atomic E-state index is 13.9. The zero-order valence-electron chi connectivity index (χ0n) is 78.5. The van der Waals surface area contributed by atoms with Gasteiger partial charge in [0.05, 0.1) is 23.3 Å². The number of nitrogens with one attached hydrogen (secondary N) is 4. The van der Waals surface area contributed by atoms with Crippen molar-refractivity contribution in [2.45, 2.75) is 464 Å². The van der Waals surface area contributed by atoms with Crippen LogP contribution in [-0.2, 0) is 35.7 Å². The number of hydrogen-bond donors (Lipinski definition) is 4. The van der Waals surface area contributed by atoms with Gasteiger partial charge in [0.15, 0.2) is 0 Å². The molecule has 0 atom stereocenters. The smallest absolute Gasteiger partial charge is 0.357 e. The molecular formula is C108H164N12NiO4. The largest absolute Gasteiger partial charge is 2.00 e. The number of hydrogen-bond acceptors (Lipinski definition) is 10. The van der Waals surface area contributed by atoms with E-state index in [4.69, 9.17) is 39.9 Å². The molecule has 9 rings (SSSR count). The van der Waals surface area contributed by atoms with Gasteiger partial charge in [-0.1, -0.05) is 425 Å². The van der Waals surface area contributed by atoms with Gasteiger partial charge in [-0.05, 0) is 108 Å². The van der Waals surface area contributed by atoms with E-state index in [2.05, 4.69) is 49.0 Å². The number of unbranched alkanes of at least 4 members (excludes halogenated alkanes) is 60. The number of aromatic nitrogens is 8. The molecule has 4 amide bonds. The fourth-order valence-corrected chi connectivity index (χ4v) is 18.2. The number of anilines is 4. The monoisotopic (exact) mass is 1750 g/mol. The molecule has 7 aromatic rings. The zero-order chi connectivity index (χ0) is 86.9. The van der Waals surface area contributed by atoms with Gasteiger partial charge in [-0.3, -0.25) is 19.2 Å². The summed E-state index contributed by atoms with van der Waals surface area (Å²) in [7, 11) is 0. The quantitative estimate of drug-likeness (QED) is 0.0206. The minimum atomic E-state index is -0.0501. The van der Waals surface area contributed by atoms with Crippen molar-refractivity contribution in [1.29, 1.82) is 0 Å². The number of carbonyl (C=O) groups is 4. The molecule has 690 valence electrons. The summed E-state index contributed by atoms with van der Waals surface area (Å²) in [4.78, 5) is 97.7. The molecule has 2 aliphatic rings. The molecule has 2 aliphatic heterocycles. The van der Waals surface area contributed by atoms with Crippen molar-refractivity contribution < 1.29 is 35.7 Å². The van der Waals surface area contributed by atoms with Crippen LogP contribution >= 0.6 is 0 Å². The van der Waals surface area contributed by atoms with E-state index >= 15 is 0 Å². The first kappa shape index (κ1) is 103. The number of rotatable bonds is 72. The molecule has 0 radical (unpaired) electrons. The van der Waals surface area contributed by atoms with Gasteiger partial charge in [0, 0.05) is 93.3 Å². The molecule has 17 heteroatoms. The first-order valence-electron chi connectivity index (χ1n) is 51.6. The topological polar surface area (TPSA) is 222 Å². The third-order valence-corrected chi connectivity index (χ3v) is 25.9. The molecule has 8 bridgehead atoms. The minimum Gasteiger partial charge on any atom is -0.357 e. The molecule has 0 saturated carbocycles. The summed E-state index contributed by atoms with van der Waals surface area (Å²) < 4.78 is 0. The molecular weight excluding hydrogens is 1590 g/mol. The predicted octanol–water partition coefficient (Wildman–Crippen LogP) is 32.5. The van der Waals surface area contributed by atoms with Crippen molar-refractivity contribution in [3.05, 3.63) is 72.8 Å². The number of amides is 4. The number of carbonyl (C=O) groups excluding carboxylic acids is 4. The normalized spacial score (nSPS) is 11.7. The third kappa shape index (κ3) is 39.6. The Labute approximate surface area is 765 Å². The standard InChI is InChI=1S/C108H166N12O4.Ni/c1-5-9-13-17-21-25-29-33-37-41-45-49-53-57-61-65-69-97(121)109-85-73-77-89-93(81-85)105-114-101(89)113-102-90-78-74-86(110-98(122)70-66-62-58-54-50-46-42-38-34-30-26-22-18-14-10-6-2)82-94(90)106(115-102)117-104-92-80-76-88(112-100(124)72-68-64-60-56-52-48-44-40-36-32-28-24-20-16-12-8-4)84-96(92)108(119-104)120-107-95-83-87(75-79-91(95)103(116-105)118-107)111-99(123)71-67-63-59-55-51-47-43-39-35-31-27-23-19-15-11-7-3;/h73-84H,5-72H2,1-4H3,(H6,109,110,111,112,113,114,115,116,117,118,119,120,121,122,123,124);/q;+2/p-2. The van der Waals surface area contributed by atoms with Crippen LogP contribution in [0, 0.1) is 0 Å². The van der Waals surface area contributed by atoms with E-state index < -0.39 is 0 Å². The number of fused-ring (bicyclic) bond motifs is 20. The first-order valence-corrected chi connectivity index (χ1v) is 51.6. The Morgan fingerprint density at radius 3 is 0.600 bits per heavy atom. The predicted molar refractivity (Wildman–Crippen MR) is 525 cm³/mol. The molecule has 0 spiro atoms. The minimum absolute atomic E-state index is 0. The van der Waals surface area contributed by atoms with E-state index in [1.165, 1.54) is 334 Å². The van der Waals surface area contributed by atoms with E-state index in [1.54, 1.807) is 0 Å². The van der Waals surface area contributed by atoms with Crippen molar-refractivity contribution in [3.63, 3.8) is 0 Å². The van der Waals surface area contributed by atoms with Crippen LogP contribution in [-0.4, -0.2) is 53.5 Å². The molecule has 4 N–H and O–H groups in total. The Balaban J connectivity index is 0.0000194. The number of benzene rings is 4. The second-order valence-corrected chi connectivity index (χ2v) is 36.9. The average Bonchev–Trinajstić information content (AvgIpc) is 1.57. The van der Waals surface area contributed by atoms with Crippen LogP contribution in [0.5, 0.6) is 0 Å². The van der Waals surface area contributed by atoms with E-state index in [9.17, 15) is 19.2 Å². The third-order valence-electron chi connectivity index (χ3n) is 25.9. The van der Waals surface area contributed by atoms with E-state index in [-0.39, 0.29) is 40.1 Å². The molecule has 3 aromatic heterocycles. The summed E-state index contributed by atoms with van der Waals surface area (Å²) in [6, 6.07) is 23.0. The van der Waals surface area contributed by atoms with Crippen molar-refractivity contribution in [1.82, 2.24) is 39.9 Å². The Morgan fingerprint density at radius 1 is 0.208 bits per heavy atom.